The molecule has 3 aromatic heterocycles. The molecule has 3 rings (SSSR count). The second kappa shape index (κ2) is 7.38. The van der Waals surface area contributed by atoms with Gasteiger partial charge >= 0.3 is 6.09 Å². The Balaban J connectivity index is 2.17. The average molecular weight is 411 g/mol. The van der Waals surface area contributed by atoms with E-state index in [-0.39, 0.29) is 29.0 Å². The van der Waals surface area contributed by atoms with Gasteiger partial charge in [-0.05, 0) is 18.6 Å². The van der Waals surface area contributed by atoms with E-state index in [9.17, 15) is 17.6 Å². The molecule has 12 heteroatoms. The molecule has 0 fully saturated rings. The Morgan fingerprint density at radius 1 is 1.32 bits per heavy atom. The molecule has 0 unspecified atom stereocenters. The zero-order valence-electron chi connectivity index (χ0n) is 14.5. The molecule has 0 bridgehead atoms. The summed E-state index contributed by atoms with van der Waals surface area (Å²) in [5.41, 5.74) is -0.968. The minimum absolute atomic E-state index is 0.0977. The van der Waals surface area contributed by atoms with E-state index in [2.05, 4.69) is 15.4 Å². The molecule has 0 saturated carbocycles. The fraction of sp³-hybridized carbons (Fsp3) is 0.188. The van der Waals surface area contributed by atoms with Crippen molar-refractivity contribution < 1.29 is 27.1 Å². The third-order valence-electron chi connectivity index (χ3n) is 3.91. The Hall–Kier alpha value is -3.28. The number of halogens is 2. The third-order valence-corrected chi connectivity index (χ3v) is 5.52. The second-order valence-corrected chi connectivity index (χ2v) is 7.61. The van der Waals surface area contributed by atoms with E-state index in [0.29, 0.717) is 3.97 Å². The van der Waals surface area contributed by atoms with Crippen LogP contribution in [0.4, 0.5) is 13.6 Å². The number of hydrogen-bond acceptors (Lipinski definition) is 5. The summed E-state index contributed by atoms with van der Waals surface area (Å²) >= 11 is 0. The highest BCUT2D eigenvalue weighted by atomic mass is 32.2. The summed E-state index contributed by atoms with van der Waals surface area (Å²) in [4.78, 5) is 13.8. The predicted molar refractivity (Wildman–Crippen MR) is 93.1 cm³/mol. The van der Waals surface area contributed by atoms with Crippen LogP contribution in [0.2, 0.25) is 0 Å². The van der Waals surface area contributed by atoms with Crippen LogP contribution in [-0.4, -0.2) is 44.9 Å². The third kappa shape index (κ3) is 3.58. The number of aromatic nitrogens is 4. The first-order chi connectivity index (χ1) is 13.2. The first kappa shape index (κ1) is 19.5. The number of hydrogen-bond donors (Lipinski definition) is 2. The lowest BCUT2D eigenvalue weighted by atomic mass is 10.1. The molecule has 148 valence electrons. The molecular formula is C16H15F2N5O4S. The van der Waals surface area contributed by atoms with Crippen molar-refractivity contribution in [3.63, 3.8) is 0 Å². The van der Waals surface area contributed by atoms with Crippen LogP contribution in [0.5, 0.6) is 0 Å². The Kier molecular flexibility index (Phi) is 5.14. The fourth-order valence-electron chi connectivity index (χ4n) is 2.62. The van der Waals surface area contributed by atoms with Gasteiger partial charge in [-0.15, -0.1) is 0 Å². The summed E-state index contributed by atoms with van der Waals surface area (Å²) in [5, 5.41) is 14.5. The number of nitrogens with zero attached hydrogens (tertiary/aromatic N) is 4. The van der Waals surface area contributed by atoms with Crippen LogP contribution < -0.4 is 5.32 Å². The molecule has 0 atom stereocenters. The standard InChI is InChI=1S/C16H15F2N5O4S/c1-22-9-11(7-21-22)28(26,27)23-8-10(4-6-20-16(24)25)13(17)14(23)12-3-2-5-19-15(12)18/h2-3,5,7-9,20H,4,6H2,1H3,(H,24,25). The normalized spacial score (nSPS) is 11.5. The van der Waals surface area contributed by atoms with E-state index in [0.717, 1.165) is 18.6 Å². The van der Waals surface area contributed by atoms with Gasteiger partial charge in [0.15, 0.2) is 5.82 Å². The molecule has 2 N–H and O–H groups in total. The van der Waals surface area contributed by atoms with Crippen LogP contribution in [-0.2, 0) is 23.5 Å². The summed E-state index contributed by atoms with van der Waals surface area (Å²) in [5.74, 6) is -2.02. The Morgan fingerprint density at radius 2 is 2.07 bits per heavy atom. The molecule has 1 amide bonds. The van der Waals surface area contributed by atoms with Gasteiger partial charge in [0.05, 0.1) is 11.8 Å². The van der Waals surface area contributed by atoms with Gasteiger partial charge < -0.3 is 10.4 Å². The highest BCUT2D eigenvalue weighted by Crippen LogP contribution is 2.31. The largest absolute Gasteiger partial charge is 0.465 e. The molecule has 28 heavy (non-hydrogen) atoms. The van der Waals surface area contributed by atoms with E-state index >= 15 is 4.39 Å². The van der Waals surface area contributed by atoms with Crippen molar-refractivity contribution in [3.8, 4) is 11.3 Å². The maximum absolute atomic E-state index is 15.1. The van der Waals surface area contributed by atoms with E-state index in [1.807, 2.05) is 0 Å². The molecule has 0 aliphatic carbocycles. The SMILES string of the molecule is Cn1cc(S(=O)(=O)n2cc(CCNC(=O)O)c(F)c2-c2cccnc2F)cn1. The number of pyridine rings is 1. The summed E-state index contributed by atoms with van der Waals surface area (Å²) in [7, 11) is -2.78. The van der Waals surface area contributed by atoms with E-state index in [4.69, 9.17) is 5.11 Å². The number of carbonyl (C=O) groups is 1. The summed E-state index contributed by atoms with van der Waals surface area (Å²) in [6.45, 7) is -0.155. The highest BCUT2D eigenvalue weighted by Gasteiger charge is 2.29. The summed E-state index contributed by atoms with van der Waals surface area (Å²) < 4.78 is 57.1. The van der Waals surface area contributed by atoms with Crippen LogP contribution in [0, 0.1) is 11.8 Å². The van der Waals surface area contributed by atoms with Gasteiger partial charge in [0.2, 0.25) is 5.95 Å². The Bertz CT molecular complexity index is 1140. The van der Waals surface area contributed by atoms with Gasteiger partial charge in [-0.2, -0.15) is 9.49 Å². The fourth-order valence-corrected chi connectivity index (χ4v) is 4.00. The van der Waals surface area contributed by atoms with Gasteiger partial charge in [0, 0.05) is 37.7 Å². The summed E-state index contributed by atoms with van der Waals surface area (Å²) in [6.07, 6.45) is 3.02. The van der Waals surface area contributed by atoms with Crippen molar-refractivity contribution in [3.05, 3.63) is 54.2 Å². The smallest absolute Gasteiger partial charge is 0.404 e. The molecule has 0 radical (unpaired) electrons. The molecule has 0 spiro atoms. The van der Waals surface area contributed by atoms with Gasteiger partial charge in [0.1, 0.15) is 10.6 Å². The lowest BCUT2D eigenvalue weighted by Gasteiger charge is -2.09. The molecule has 0 aliphatic heterocycles. The molecule has 0 aliphatic rings. The summed E-state index contributed by atoms with van der Waals surface area (Å²) in [6, 6.07) is 2.55. The van der Waals surface area contributed by atoms with E-state index in [1.165, 1.54) is 30.1 Å². The zero-order chi connectivity index (χ0) is 20.5. The quantitative estimate of drug-likeness (QED) is 0.595. The number of nitrogens with one attached hydrogen (secondary N) is 1. The predicted octanol–water partition coefficient (Wildman–Crippen LogP) is 1.61. The van der Waals surface area contributed by atoms with Gasteiger partial charge in [-0.25, -0.2) is 26.6 Å². The molecular weight excluding hydrogens is 396 g/mol. The second-order valence-electron chi connectivity index (χ2n) is 5.79. The number of amides is 1. The Morgan fingerprint density at radius 3 is 2.68 bits per heavy atom. The maximum atomic E-state index is 15.1. The lowest BCUT2D eigenvalue weighted by molar-refractivity contribution is 0.194. The molecule has 9 nitrogen and oxygen atoms in total. The topological polar surface area (TPSA) is 119 Å². The number of aryl methyl sites for hydroxylation is 1. The maximum Gasteiger partial charge on any atom is 0.404 e. The van der Waals surface area contributed by atoms with Crippen LogP contribution in [0.1, 0.15) is 5.56 Å². The minimum atomic E-state index is -4.29. The van der Waals surface area contributed by atoms with Crippen molar-refractivity contribution in [1.29, 1.82) is 0 Å². The average Bonchev–Trinajstić information content (AvgIpc) is 3.20. The molecule has 3 aromatic rings. The van der Waals surface area contributed by atoms with Crippen molar-refractivity contribution in [1.82, 2.24) is 24.1 Å². The van der Waals surface area contributed by atoms with Crippen molar-refractivity contribution in [2.24, 2.45) is 7.05 Å². The monoisotopic (exact) mass is 411 g/mol. The molecule has 3 heterocycles. The first-order valence-corrected chi connectivity index (χ1v) is 9.37. The van der Waals surface area contributed by atoms with Gasteiger partial charge in [-0.3, -0.25) is 4.68 Å². The van der Waals surface area contributed by atoms with Gasteiger partial charge in [0.25, 0.3) is 10.0 Å². The number of carboxylic acid groups (broad SMARTS) is 1. The van der Waals surface area contributed by atoms with Crippen LogP contribution >= 0.6 is 0 Å². The zero-order valence-corrected chi connectivity index (χ0v) is 15.3. The van der Waals surface area contributed by atoms with E-state index in [1.54, 1.807) is 0 Å². The van der Waals surface area contributed by atoms with Crippen molar-refractivity contribution in [2.45, 2.75) is 11.3 Å². The van der Waals surface area contributed by atoms with Crippen LogP contribution in [0.3, 0.4) is 0 Å². The first-order valence-electron chi connectivity index (χ1n) is 7.93. The van der Waals surface area contributed by atoms with Crippen LogP contribution in [0.25, 0.3) is 11.3 Å². The van der Waals surface area contributed by atoms with Crippen molar-refractivity contribution >= 4 is 16.1 Å². The van der Waals surface area contributed by atoms with Crippen molar-refractivity contribution in [2.75, 3.05) is 6.54 Å². The molecule has 0 aromatic carbocycles. The Labute approximate surface area is 158 Å². The van der Waals surface area contributed by atoms with Crippen LogP contribution in [0.15, 0.2) is 41.8 Å². The highest BCUT2D eigenvalue weighted by molar-refractivity contribution is 7.90. The molecule has 0 saturated heterocycles. The lowest BCUT2D eigenvalue weighted by Crippen LogP contribution is -2.23. The van der Waals surface area contributed by atoms with Gasteiger partial charge in [-0.1, -0.05) is 0 Å². The van der Waals surface area contributed by atoms with E-state index < -0.39 is 33.6 Å². The number of rotatable bonds is 6. The minimum Gasteiger partial charge on any atom is -0.465 e.